The first kappa shape index (κ1) is 18.0. The summed E-state index contributed by atoms with van der Waals surface area (Å²) in [7, 11) is 3.98. The Morgan fingerprint density at radius 2 is 2.16 bits per heavy atom. The topological polar surface area (TPSA) is 84.9 Å². The zero-order valence-electron chi connectivity index (χ0n) is 14.3. The van der Waals surface area contributed by atoms with Gasteiger partial charge in [-0.1, -0.05) is 5.16 Å². The van der Waals surface area contributed by atoms with Gasteiger partial charge in [-0.25, -0.2) is 4.98 Å². The highest BCUT2D eigenvalue weighted by Crippen LogP contribution is 2.34. The van der Waals surface area contributed by atoms with Crippen LogP contribution in [0.2, 0.25) is 0 Å². The predicted octanol–water partition coefficient (Wildman–Crippen LogP) is 1.90. The van der Waals surface area contributed by atoms with E-state index in [-0.39, 0.29) is 18.4 Å². The molecule has 1 aliphatic rings. The largest absolute Gasteiger partial charge is 0.333 e. The fourth-order valence-corrected chi connectivity index (χ4v) is 3.77. The second kappa shape index (κ2) is 7.20. The highest BCUT2D eigenvalue weighted by atomic mass is 35.5. The number of piperazine rings is 1. The number of hydrogen-bond donors (Lipinski definition) is 1. The van der Waals surface area contributed by atoms with Gasteiger partial charge >= 0.3 is 0 Å². The molecule has 1 unspecified atom stereocenters. The summed E-state index contributed by atoms with van der Waals surface area (Å²) in [4.78, 5) is 12.4. The molecule has 10 heteroatoms. The summed E-state index contributed by atoms with van der Waals surface area (Å²) < 4.78 is 7.29. The van der Waals surface area contributed by atoms with Gasteiger partial charge in [0.25, 0.3) is 5.89 Å². The van der Waals surface area contributed by atoms with Crippen LogP contribution in [0.4, 0.5) is 0 Å². The van der Waals surface area contributed by atoms with Gasteiger partial charge in [-0.2, -0.15) is 10.1 Å². The van der Waals surface area contributed by atoms with E-state index in [0.717, 1.165) is 46.6 Å². The van der Waals surface area contributed by atoms with Crippen molar-refractivity contribution in [2.24, 2.45) is 7.05 Å². The molecule has 0 spiro atoms. The van der Waals surface area contributed by atoms with Gasteiger partial charge in [-0.3, -0.25) is 9.58 Å². The summed E-state index contributed by atoms with van der Waals surface area (Å²) in [6.45, 7) is 4.75. The van der Waals surface area contributed by atoms with Crippen LogP contribution in [0, 0.1) is 6.92 Å². The van der Waals surface area contributed by atoms with E-state index in [2.05, 4.69) is 37.5 Å². The van der Waals surface area contributed by atoms with Crippen molar-refractivity contribution < 1.29 is 4.52 Å². The molecule has 1 aliphatic heterocycles. The van der Waals surface area contributed by atoms with Crippen LogP contribution in [-0.2, 0) is 7.05 Å². The lowest BCUT2D eigenvalue weighted by molar-refractivity contribution is 0.190. The number of halogens is 1. The van der Waals surface area contributed by atoms with E-state index in [4.69, 9.17) is 4.52 Å². The van der Waals surface area contributed by atoms with Gasteiger partial charge in [0.1, 0.15) is 9.88 Å². The Morgan fingerprint density at radius 1 is 1.32 bits per heavy atom. The molecule has 4 heterocycles. The van der Waals surface area contributed by atoms with Crippen LogP contribution >= 0.6 is 23.7 Å². The quantitative estimate of drug-likeness (QED) is 0.741. The lowest BCUT2D eigenvalue weighted by atomic mass is 10.2. The Kier molecular flexibility index (Phi) is 5.19. The van der Waals surface area contributed by atoms with Crippen molar-refractivity contribution >= 4 is 23.7 Å². The molecule has 3 aromatic heterocycles. The Hall–Kier alpha value is -1.81. The summed E-state index contributed by atoms with van der Waals surface area (Å²) in [5.41, 5.74) is 1.89. The Bertz CT molecular complexity index is 858. The van der Waals surface area contributed by atoms with Gasteiger partial charge in [0, 0.05) is 38.4 Å². The molecule has 0 aromatic carbocycles. The molecule has 1 atom stereocenters. The van der Waals surface area contributed by atoms with Crippen LogP contribution in [0.3, 0.4) is 0 Å². The second-order valence-corrected chi connectivity index (χ2v) is 6.99. The maximum Gasteiger partial charge on any atom is 0.269 e. The van der Waals surface area contributed by atoms with Crippen molar-refractivity contribution in [1.29, 1.82) is 0 Å². The number of aromatic nitrogens is 5. The first-order chi connectivity index (χ1) is 11.6. The maximum absolute atomic E-state index is 5.52. The highest BCUT2D eigenvalue weighted by Gasteiger charge is 2.26. The molecule has 134 valence electrons. The minimum absolute atomic E-state index is 0. The number of rotatable bonds is 3. The van der Waals surface area contributed by atoms with Crippen molar-refractivity contribution in [3.05, 3.63) is 23.9 Å². The first-order valence-electron chi connectivity index (χ1n) is 7.83. The molecule has 0 radical (unpaired) electrons. The zero-order valence-corrected chi connectivity index (χ0v) is 15.9. The number of likely N-dealkylation sites (N-methyl/N-ethyl adjacent to an activating group) is 1. The van der Waals surface area contributed by atoms with Crippen LogP contribution in [0.15, 0.2) is 16.9 Å². The van der Waals surface area contributed by atoms with Crippen LogP contribution < -0.4 is 5.32 Å². The van der Waals surface area contributed by atoms with Crippen LogP contribution in [0.25, 0.3) is 21.3 Å². The average Bonchev–Trinajstić information content (AvgIpc) is 3.27. The second-order valence-electron chi connectivity index (χ2n) is 5.99. The van der Waals surface area contributed by atoms with Gasteiger partial charge < -0.3 is 9.84 Å². The molecule has 0 aliphatic carbocycles. The summed E-state index contributed by atoms with van der Waals surface area (Å²) in [6, 6.07) is 0.141. The molecule has 1 saturated heterocycles. The lowest BCUT2D eigenvalue weighted by Crippen LogP contribution is -2.44. The Morgan fingerprint density at radius 3 is 2.88 bits per heavy atom. The fraction of sp³-hybridized carbons (Fsp3) is 0.467. The zero-order chi connectivity index (χ0) is 16.7. The summed E-state index contributed by atoms with van der Waals surface area (Å²) in [6.07, 6.45) is 3.76. The number of aryl methyl sites for hydroxylation is 2. The number of thiazole rings is 1. The third-order valence-corrected chi connectivity index (χ3v) is 5.39. The van der Waals surface area contributed by atoms with Gasteiger partial charge in [0.2, 0.25) is 0 Å². The van der Waals surface area contributed by atoms with E-state index in [0.29, 0.717) is 5.89 Å². The van der Waals surface area contributed by atoms with Crippen LogP contribution in [0.5, 0.6) is 0 Å². The predicted molar refractivity (Wildman–Crippen MR) is 97.8 cm³/mol. The molecule has 1 fully saturated rings. The summed E-state index contributed by atoms with van der Waals surface area (Å²) >= 11 is 1.55. The van der Waals surface area contributed by atoms with Gasteiger partial charge in [-0.15, -0.1) is 23.7 Å². The van der Waals surface area contributed by atoms with Crippen LogP contribution in [-0.4, -0.2) is 56.5 Å². The Labute approximate surface area is 155 Å². The molecule has 0 amide bonds. The Balaban J connectivity index is 0.00000182. The third kappa shape index (κ3) is 3.45. The standard InChI is InChI=1S/C15H19N7OS.ClH/c1-9-12(24-15(18-9)10-6-17-22(3)8-10)14-19-13(20-23-14)11-7-16-4-5-21(11)2;/h6,8,11,16H,4-5,7H2,1-3H3;1H. The van der Waals surface area contributed by atoms with Gasteiger partial charge in [0.15, 0.2) is 5.82 Å². The molecule has 8 nitrogen and oxygen atoms in total. The minimum Gasteiger partial charge on any atom is -0.333 e. The maximum atomic E-state index is 5.52. The highest BCUT2D eigenvalue weighted by molar-refractivity contribution is 7.18. The smallest absolute Gasteiger partial charge is 0.269 e. The van der Waals surface area contributed by atoms with E-state index in [1.54, 1.807) is 16.0 Å². The van der Waals surface area contributed by atoms with Gasteiger partial charge in [-0.05, 0) is 14.0 Å². The van der Waals surface area contributed by atoms with E-state index in [1.807, 2.05) is 26.4 Å². The minimum atomic E-state index is 0. The summed E-state index contributed by atoms with van der Waals surface area (Å²) in [5.74, 6) is 1.25. The average molecular weight is 382 g/mol. The van der Waals surface area contributed by atoms with Crippen molar-refractivity contribution in [3.63, 3.8) is 0 Å². The first-order valence-corrected chi connectivity index (χ1v) is 8.65. The molecule has 3 aromatic rings. The number of hydrogen-bond acceptors (Lipinski definition) is 8. The molecule has 0 bridgehead atoms. The van der Waals surface area contributed by atoms with E-state index in [1.165, 1.54) is 0 Å². The SMILES string of the molecule is Cc1nc(-c2cnn(C)c2)sc1-c1nc(C2CNCCN2C)no1.Cl. The molecule has 0 saturated carbocycles. The number of nitrogens with one attached hydrogen (secondary N) is 1. The van der Waals surface area contributed by atoms with Crippen molar-refractivity contribution in [2.45, 2.75) is 13.0 Å². The normalized spacial score (nSPS) is 18.3. The monoisotopic (exact) mass is 381 g/mol. The number of nitrogens with zero attached hydrogens (tertiary/aromatic N) is 6. The van der Waals surface area contributed by atoms with Crippen molar-refractivity contribution in [1.82, 2.24) is 35.1 Å². The van der Waals surface area contributed by atoms with E-state index in [9.17, 15) is 0 Å². The molecule has 1 N–H and O–H groups in total. The van der Waals surface area contributed by atoms with Crippen molar-refractivity contribution in [2.75, 3.05) is 26.7 Å². The molecule has 4 rings (SSSR count). The lowest BCUT2D eigenvalue weighted by Gasteiger charge is -2.30. The molecule has 25 heavy (non-hydrogen) atoms. The van der Waals surface area contributed by atoms with Crippen LogP contribution in [0.1, 0.15) is 17.6 Å². The van der Waals surface area contributed by atoms with E-state index < -0.39 is 0 Å². The molecular formula is C15H20ClN7OS. The third-order valence-electron chi connectivity index (χ3n) is 4.19. The molecular weight excluding hydrogens is 362 g/mol. The van der Waals surface area contributed by atoms with Gasteiger partial charge in [0.05, 0.1) is 17.9 Å². The van der Waals surface area contributed by atoms with E-state index >= 15 is 0 Å². The fourth-order valence-electron chi connectivity index (χ4n) is 2.81. The summed E-state index contributed by atoms with van der Waals surface area (Å²) in [5, 5.41) is 12.7. The van der Waals surface area contributed by atoms with Crippen molar-refractivity contribution in [3.8, 4) is 21.3 Å².